The molecular weight excluding hydrogens is 351 g/mol. The van der Waals surface area contributed by atoms with Gasteiger partial charge >= 0.3 is 19.3 Å². The molecule has 1 aromatic carbocycles. The molecule has 1 saturated heterocycles. The lowest BCUT2D eigenvalue weighted by Crippen LogP contribution is -2.19. The van der Waals surface area contributed by atoms with E-state index in [-0.39, 0.29) is 23.4 Å². The highest BCUT2D eigenvalue weighted by Gasteiger charge is 2.35. The zero-order chi connectivity index (χ0) is 17.9. The molecule has 1 N–H and O–H groups in total. The van der Waals surface area contributed by atoms with E-state index in [4.69, 9.17) is 13.8 Å². The van der Waals surface area contributed by atoms with E-state index < -0.39 is 18.5 Å². The number of rotatable bonds is 4. The molecule has 9 nitrogen and oxygen atoms in total. The fraction of sp³-hybridized carbons (Fsp3) is 0.267. The van der Waals surface area contributed by atoms with Gasteiger partial charge in [-0.05, 0) is 12.5 Å². The Morgan fingerprint density at radius 3 is 2.68 bits per heavy atom. The molecule has 1 aromatic rings. The number of hydrogen-bond donors (Lipinski definition) is 1. The highest BCUT2D eigenvalue weighted by molar-refractivity contribution is 7.58. The Morgan fingerprint density at radius 2 is 1.96 bits per heavy atom. The van der Waals surface area contributed by atoms with Gasteiger partial charge in [-0.1, -0.05) is 12.1 Å². The Balaban J connectivity index is 1.73. The average molecular weight is 366 g/mol. The predicted molar refractivity (Wildman–Crippen MR) is 86.8 cm³/mol. The van der Waals surface area contributed by atoms with Crippen molar-refractivity contribution in [1.29, 1.82) is 0 Å². The number of ether oxygens (including phenoxy) is 1. The van der Waals surface area contributed by atoms with Crippen molar-refractivity contribution in [2.24, 2.45) is 0 Å². The fourth-order valence-corrected chi connectivity index (χ4v) is 4.08. The first-order chi connectivity index (χ1) is 12.0. The molecule has 2 aliphatic rings. The standard InChI is InChI=1S/C15H15N2O7P/c18-15(24-14-5-2-1-4-13(14)17(19)20)11-8-12(10-16-9-11)25(21)22-6-3-7-23-25/h1-2,4-5,9-10,16H,3,6-8H2. The quantitative estimate of drug-likeness (QED) is 0.284. The van der Waals surface area contributed by atoms with E-state index in [2.05, 4.69) is 5.32 Å². The van der Waals surface area contributed by atoms with Crippen molar-refractivity contribution in [3.63, 3.8) is 0 Å². The molecule has 132 valence electrons. The SMILES string of the molecule is O=C(Oc1ccccc1[N+](=O)[O-])C1=CNC=C(P2(=O)OCCCO2)C1. The Bertz CT molecular complexity index is 808. The summed E-state index contributed by atoms with van der Waals surface area (Å²) in [7, 11) is -3.43. The smallest absolute Gasteiger partial charge is 0.359 e. The first kappa shape index (κ1) is 17.3. The molecule has 25 heavy (non-hydrogen) atoms. The van der Waals surface area contributed by atoms with Crippen LogP contribution in [0.25, 0.3) is 0 Å². The number of hydrogen-bond acceptors (Lipinski definition) is 8. The van der Waals surface area contributed by atoms with Crippen molar-refractivity contribution in [2.75, 3.05) is 13.2 Å². The number of dihydropyridines is 1. The lowest BCUT2D eigenvalue weighted by atomic mass is 10.1. The third-order valence-electron chi connectivity index (χ3n) is 3.57. The minimum atomic E-state index is -3.43. The highest BCUT2D eigenvalue weighted by atomic mass is 31.2. The molecular formula is C15H15N2O7P. The molecule has 0 aliphatic carbocycles. The zero-order valence-corrected chi connectivity index (χ0v) is 13.9. The molecule has 0 amide bonds. The molecule has 0 radical (unpaired) electrons. The van der Waals surface area contributed by atoms with Gasteiger partial charge in [0.25, 0.3) is 0 Å². The molecule has 10 heteroatoms. The van der Waals surface area contributed by atoms with E-state index in [0.29, 0.717) is 24.9 Å². The van der Waals surface area contributed by atoms with Gasteiger partial charge in [-0.3, -0.25) is 14.7 Å². The summed E-state index contributed by atoms with van der Waals surface area (Å²) in [6.07, 6.45) is 3.50. The summed E-state index contributed by atoms with van der Waals surface area (Å²) in [6, 6.07) is 5.57. The average Bonchev–Trinajstić information content (AvgIpc) is 2.63. The van der Waals surface area contributed by atoms with Gasteiger partial charge in [0.1, 0.15) is 0 Å². The third-order valence-corrected chi connectivity index (χ3v) is 5.60. The lowest BCUT2D eigenvalue weighted by molar-refractivity contribution is -0.385. The number of nitrogens with zero attached hydrogens (tertiary/aromatic N) is 1. The Labute approximate surface area is 142 Å². The van der Waals surface area contributed by atoms with E-state index in [1.54, 1.807) is 0 Å². The summed E-state index contributed by atoms with van der Waals surface area (Å²) < 4.78 is 28.3. The van der Waals surface area contributed by atoms with Gasteiger partial charge in [0, 0.05) is 24.9 Å². The maximum Gasteiger partial charge on any atom is 0.359 e. The predicted octanol–water partition coefficient (Wildman–Crippen LogP) is 2.85. The fourth-order valence-electron chi connectivity index (χ4n) is 2.33. The number of carbonyl (C=O) groups excluding carboxylic acids is 1. The second kappa shape index (κ2) is 7.18. The van der Waals surface area contributed by atoms with Gasteiger partial charge in [0.05, 0.1) is 29.0 Å². The van der Waals surface area contributed by atoms with Gasteiger partial charge < -0.3 is 19.1 Å². The van der Waals surface area contributed by atoms with Gasteiger partial charge in [-0.25, -0.2) is 4.79 Å². The zero-order valence-electron chi connectivity index (χ0n) is 13.0. The van der Waals surface area contributed by atoms with Crippen LogP contribution in [0.2, 0.25) is 0 Å². The van der Waals surface area contributed by atoms with Crippen LogP contribution in [0.3, 0.4) is 0 Å². The summed E-state index contributed by atoms with van der Waals surface area (Å²) in [5.41, 5.74) is -0.161. The Kier molecular flexibility index (Phi) is 4.98. The molecule has 2 heterocycles. The van der Waals surface area contributed by atoms with E-state index in [9.17, 15) is 19.5 Å². The van der Waals surface area contributed by atoms with Crippen molar-refractivity contribution in [3.05, 3.63) is 57.7 Å². The van der Waals surface area contributed by atoms with Crippen molar-refractivity contribution < 1.29 is 28.1 Å². The van der Waals surface area contributed by atoms with Gasteiger partial charge in [-0.2, -0.15) is 0 Å². The first-order valence-electron chi connectivity index (χ1n) is 7.49. The number of benzene rings is 1. The van der Waals surface area contributed by atoms with Crippen LogP contribution in [-0.2, 0) is 18.4 Å². The summed E-state index contributed by atoms with van der Waals surface area (Å²) in [4.78, 5) is 22.7. The van der Waals surface area contributed by atoms with Gasteiger partial charge in [-0.15, -0.1) is 0 Å². The number of para-hydroxylation sites is 2. The van der Waals surface area contributed by atoms with E-state index in [1.807, 2.05) is 0 Å². The highest BCUT2D eigenvalue weighted by Crippen LogP contribution is 2.59. The second-order valence-electron chi connectivity index (χ2n) is 5.28. The van der Waals surface area contributed by atoms with Crippen molar-refractivity contribution in [1.82, 2.24) is 5.32 Å². The summed E-state index contributed by atoms with van der Waals surface area (Å²) in [5.74, 6) is -0.942. The van der Waals surface area contributed by atoms with Crippen LogP contribution >= 0.6 is 7.60 Å². The number of nitro benzene ring substituents is 1. The maximum atomic E-state index is 12.6. The van der Waals surface area contributed by atoms with Crippen LogP contribution in [0.15, 0.2) is 47.6 Å². The molecule has 1 fully saturated rings. The molecule has 0 spiro atoms. The minimum Gasteiger partial charge on any atom is -0.416 e. The molecule has 0 saturated carbocycles. The number of carbonyl (C=O) groups is 1. The normalized spacial score (nSPS) is 19.2. The monoisotopic (exact) mass is 366 g/mol. The van der Waals surface area contributed by atoms with E-state index >= 15 is 0 Å². The van der Waals surface area contributed by atoms with Gasteiger partial charge in [0.2, 0.25) is 5.75 Å². The van der Waals surface area contributed by atoms with Crippen LogP contribution in [-0.4, -0.2) is 24.1 Å². The number of nitrogens with one attached hydrogen (secondary N) is 1. The van der Waals surface area contributed by atoms with E-state index in [1.165, 1.54) is 36.7 Å². The largest absolute Gasteiger partial charge is 0.416 e. The van der Waals surface area contributed by atoms with Crippen LogP contribution in [0.1, 0.15) is 12.8 Å². The molecule has 0 atom stereocenters. The summed E-state index contributed by atoms with van der Waals surface area (Å²) >= 11 is 0. The second-order valence-corrected chi connectivity index (χ2v) is 7.37. The molecule has 0 bridgehead atoms. The molecule has 0 aromatic heterocycles. The van der Waals surface area contributed by atoms with Crippen LogP contribution in [0.4, 0.5) is 5.69 Å². The molecule has 0 unspecified atom stereocenters. The number of allylic oxidation sites excluding steroid dienone is 1. The maximum absolute atomic E-state index is 12.6. The first-order valence-corrected chi connectivity index (χ1v) is 9.03. The Hall–Kier alpha value is -2.48. The van der Waals surface area contributed by atoms with Gasteiger partial charge in [0.15, 0.2) is 0 Å². The number of nitro groups is 1. The van der Waals surface area contributed by atoms with Crippen LogP contribution in [0, 0.1) is 10.1 Å². The van der Waals surface area contributed by atoms with E-state index in [0.717, 1.165) is 0 Å². The summed E-state index contributed by atoms with van der Waals surface area (Å²) in [5, 5.41) is 14.0. The topological polar surface area (TPSA) is 117 Å². The minimum absolute atomic E-state index is 0.00371. The summed E-state index contributed by atoms with van der Waals surface area (Å²) in [6.45, 7) is 0.628. The van der Waals surface area contributed by atoms with Crippen LogP contribution < -0.4 is 10.1 Å². The van der Waals surface area contributed by atoms with Crippen molar-refractivity contribution in [3.8, 4) is 5.75 Å². The van der Waals surface area contributed by atoms with Crippen molar-refractivity contribution >= 4 is 19.3 Å². The Morgan fingerprint density at radius 1 is 1.24 bits per heavy atom. The third kappa shape index (κ3) is 3.79. The lowest BCUT2D eigenvalue weighted by Gasteiger charge is -2.26. The van der Waals surface area contributed by atoms with Crippen LogP contribution in [0.5, 0.6) is 5.75 Å². The molecule has 3 rings (SSSR count). The molecule has 2 aliphatic heterocycles. The number of esters is 1. The van der Waals surface area contributed by atoms with Crippen molar-refractivity contribution in [2.45, 2.75) is 12.8 Å².